The zero-order valence-corrected chi connectivity index (χ0v) is 12.4. The molecule has 0 bridgehead atoms. The van der Waals surface area contributed by atoms with E-state index in [2.05, 4.69) is 5.32 Å². The van der Waals surface area contributed by atoms with Gasteiger partial charge in [-0.15, -0.1) is 0 Å². The van der Waals surface area contributed by atoms with Crippen LogP contribution in [0, 0.1) is 17.2 Å². The van der Waals surface area contributed by atoms with Crippen LogP contribution >= 0.6 is 0 Å². The van der Waals surface area contributed by atoms with Crippen LogP contribution in [-0.2, 0) is 11.3 Å². The van der Waals surface area contributed by atoms with E-state index in [0.717, 1.165) is 5.69 Å². The Morgan fingerprint density at radius 2 is 2.00 bits per heavy atom. The first-order valence-electron chi connectivity index (χ1n) is 6.77. The number of nitriles is 1. The van der Waals surface area contributed by atoms with E-state index in [1.807, 2.05) is 33.8 Å². The van der Waals surface area contributed by atoms with Crippen LogP contribution in [0.1, 0.15) is 44.9 Å². The fourth-order valence-corrected chi connectivity index (χ4v) is 1.86. The number of aromatic nitrogens is 1. The van der Waals surface area contributed by atoms with Crippen LogP contribution in [0.3, 0.4) is 0 Å². The van der Waals surface area contributed by atoms with Gasteiger partial charge in [0.05, 0.1) is 0 Å². The number of rotatable bonds is 5. The maximum absolute atomic E-state index is 12.2. The number of nitrogens with one attached hydrogen (secondary N) is 1. The molecule has 5 nitrogen and oxygen atoms in total. The van der Waals surface area contributed by atoms with Gasteiger partial charge < -0.3 is 9.88 Å². The number of hydrogen-bond acceptors (Lipinski definition) is 3. The molecule has 1 rings (SSSR count). The van der Waals surface area contributed by atoms with E-state index in [1.54, 1.807) is 6.07 Å². The molecule has 1 amide bonds. The van der Waals surface area contributed by atoms with Gasteiger partial charge in [-0.2, -0.15) is 5.26 Å². The highest BCUT2D eigenvalue weighted by atomic mass is 16.2. The topological polar surface area (TPSA) is 74.9 Å². The molecule has 1 aromatic heterocycles. The minimum Gasteiger partial charge on any atom is -0.354 e. The molecule has 108 valence electrons. The Kier molecular flexibility index (Phi) is 5.51. The van der Waals surface area contributed by atoms with Gasteiger partial charge >= 0.3 is 0 Å². The van der Waals surface area contributed by atoms with Crippen molar-refractivity contribution in [1.82, 2.24) is 9.88 Å². The molecule has 0 atom stereocenters. The Hall–Kier alpha value is -2.09. The van der Waals surface area contributed by atoms with Gasteiger partial charge in [0.25, 0.3) is 5.56 Å². The number of carbonyl (C=O) groups is 1. The smallest absolute Gasteiger partial charge is 0.269 e. The standard InChI is InChI=1S/C15H21N3O2/c1-10(2)8-17-14(19)9-18-13(11(3)4)6-5-12(7-16)15(18)20/h5-6,10-11H,8-9H2,1-4H3,(H,17,19). The molecule has 20 heavy (non-hydrogen) atoms. The van der Waals surface area contributed by atoms with Crippen molar-refractivity contribution in [2.24, 2.45) is 5.92 Å². The summed E-state index contributed by atoms with van der Waals surface area (Å²) in [6.07, 6.45) is 0. The Bertz CT molecular complexity index is 580. The summed E-state index contributed by atoms with van der Waals surface area (Å²) in [4.78, 5) is 24.0. The molecule has 0 aliphatic rings. The van der Waals surface area contributed by atoms with Crippen molar-refractivity contribution >= 4 is 5.91 Å². The van der Waals surface area contributed by atoms with E-state index in [-0.39, 0.29) is 23.9 Å². The van der Waals surface area contributed by atoms with Crippen LogP contribution in [-0.4, -0.2) is 17.0 Å². The Morgan fingerprint density at radius 1 is 1.35 bits per heavy atom. The molecule has 5 heteroatoms. The van der Waals surface area contributed by atoms with E-state index in [9.17, 15) is 9.59 Å². The van der Waals surface area contributed by atoms with E-state index in [4.69, 9.17) is 5.26 Å². The molecule has 1 aromatic rings. The summed E-state index contributed by atoms with van der Waals surface area (Å²) < 4.78 is 1.39. The predicted molar refractivity (Wildman–Crippen MR) is 77.4 cm³/mol. The first-order valence-corrected chi connectivity index (χ1v) is 6.77. The highest BCUT2D eigenvalue weighted by molar-refractivity contribution is 5.75. The molecule has 0 radical (unpaired) electrons. The van der Waals surface area contributed by atoms with Crippen molar-refractivity contribution in [2.45, 2.75) is 40.2 Å². The summed E-state index contributed by atoms with van der Waals surface area (Å²) in [6, 6.07) is 5.11. The lowest BCUT2D eigenvalue weighted by molar-refractivity contribution is -0.121. The van der Waals surface area contributed by atoms with E-state index < -0.39 is 5.56 Å². The minimum atomic E-state index is -0.404. The van der Waals surface area contributed by atoms with Crippen molar-refractivity contribution in [3.8, 4) is 6.07 Å². The molecule has 0 saturated heterocycles. The van der Waals surface area contributed by atoms with Crippen LogP contribution in [0.5, 0.6) is 0 Å². The molecular weight excluding hydrogens is 254 g/mol. The average Bonchev–Trinajstić information content (AvgIpc) is 2.38. The summed E-state index contributed by atoms with van der Waals surface area (Å²) in [5, 5.41) is 11.7. The second-order valence-corrected chi connectivity index (χ2v) is 5.53. The Morgan fingerprint density at radius 3 is 2.50 bits per heavy atom. The second kappa shape index (κ2) is 6.90. The summed E-state index contributed by atoms with van der Waals surface area (Å²) in [6.45, 7) is 8.43. The van der Waals surface area contributed by atoms with Gasteiger partial charge in [0, 0.05) is 12.2 Å². The van der Waals surface area contributed by atoms with Gasteiger partial charge in [-0.3, -0.25) is 9.59 Å². The Balaban J connectivity index is 3.06. The van der Waals surface area contributed by atoms with Gasteiger partial charge in [-0.05, 0) is 24.0 Å². The number of hydrogen-bond donors (Lipinski definition) is 1. The van der Waals surface area contributed by atoms with E-state index in [1.165, 1.54) is 10.6 Å². The van der Waals surface area contributed by atoms with E-state index >= 15 is 0 Å². The average molecular weight is 275 g/mol. The first-order chi connectivity index (χ1) is 9.36. The zero-order valence-electron chi connectivity index (χ0n) is 12.4. The van der Waals surface area contributed by atoms with Crippen LogP contribution in [0.4, 0.5) is 0 Å². The van der Waals surface area contributed by atoms with Crippen molar-refractivity contribution in [2.75, 3.05) is 6.54 Å². The quantitative estimate of drug-likeness (QED) is 0.887. The van der Waals surface area contributed by atoms with Crippen molar-refractivity contribution < 1.29 is 4.79 Å². The number of amides is 1. The van der Waals surface area contributed by atoms with Crippen molar-refractivity contribution in [3.63, 3.8) is 0 Å². The fourth-order valence-electron chi connectivity index (χ4n) is 1.86. The highest BCUT2D eigenvalue weighted by Gasteiger charge is 2.14. The maximum atomic E-state index is 12.2. The van der Waals surface area contributed by atoms with Gasteiger partial charge in [0.15, 0.2) is 0 Å². The number of nitrogens with zero attached hydrogens (tertiary/aromatic N) is 2. The number of carbonyl (C=O) groups excluding carboxylic acids is 1. The van der Waals surface area contributed by atoms with E-state index in [0.29, 0.717) is 12.5 Å². The SMILES string of the molecule is CC(C)CNC(=O)Cn1c(C(C)C)ccc(C#N)c1=O. The van der Waals surface area contributed by atoms with Crippen LogP contribution < -0.4 is 10.9 Å². The van der Waals surface area contributed by atoms with Gasteiger partial charge in [-0.1, -0.05) is 27.7 Å². The largest absolute Gasteiger partial charge is 0.354 e. The third-order valence-corrected chi connectivity index (χ3v) is 2.93. The van der Waals surface area contributed by atoms with Crippen LogP contribution in [0.2, 0.25) is 0 Å². The summed E-state index contributed by atoms with van der Waals surface area (Å²) in [5.74, 6) is 0.247. The van der Waals surface area contributed by atoms with Crippen LogP contribution in [0.25, 0.3) is 0 Å². The third-order valence-electron chi connectivity index (χ3n) is 2.93. The fraction of sp³-hybridized carbons (Fsp3) is 0.533. The normalized spacial score (nSPS) is 10.7. The van der Waals surface area contributed by atoms with Gasteiger partial charge in [-0.25, -0.2) is 0 Å². The maximum Gasteiger partial charge on any atom is 0.269 e. The van der Waals surface area contributed by atoms with Gasteiger partial charge in [0.2, 0.25) is 5.91 Å². The Labute approximate surface area is 119 Å². The van der Waals surface area contributed by atoms with Crippen molar-refractivity contribution in [1.29, 1.82) is 5.26 Å². The monoisotopic (exact) mass is 275 g/mol. The minimum absolute atomic E-state index is 0.0470. The first kappa shape index (κ1) is 16.0. The van der Waals surface area contributed by atoms with Crippen LogP contribution in [0.15, 0.2) is 16.9 Å². The molecule has 0 aromatic carbocycles. The molecule has 0 unspecified atom stereocenters. The third kappa shape index (κ3) is 3.95. The second-order valence-electron chi connectivity index (χ2n) is 5.53. The lowest BCUT2D eigenvalue weighted by Crippen LogP contribution is -2.36. The molecule has 1 heterocycles. The zero-order chi connectivity index (χ0) is 15.3. The molecule has 0 aliphatic carbocycles. The molecule has 1 N–H and O–H groups in total. The van der Waals surface area contributed by atoms with Gasteiger partial charge in [0.1, 0.15) is 18.2 Å². The lowest BCUT2D eigenvalue weighted by Gasteiger charge is -2.16. The molecular formula is C15H21N3O2. The molecule has 0 saturated carbocycles. The van der Waals surface area contributed by atoms with Crippen molar-refractivity contribution in [3.05, 3.63) is 33.7 Å². The lowest BCUT2D eigenvalue weighted by atomic mass is 10.1. The summed E-state index contributed by atoms with van der Waals surface area (Å²) in [5.41, 5.74) is 0.415. The molecule has 0 fully saturated rings. The molecule has 0 spiro atoms. The summed E-state index contributed by atoms with van der Waals surface area (Å²) >= 11 is 0. The summed E-state index contributed by atoms with van der Waals surface area (Å²) in [7, 11) is 0. The molecule has 0 aliphatic heterocycles. The highest BCUT2D eigenvalue weighted by Crippen LogP contribution is 2.12. The number of pyridine rings is 1. The predicted octanol–water partition coefficient (Wildman–Crippen LogP) is 1.62.